The first-order valence-corrected chi connectivity index (χ1v) is 5.48. The maximum absolute atomic E-state index is 12.6. The number of carbonyl (C=O) groups excluding carboxylic acids is 1. The van der Waals surface area contributed by atoms with Crippen molar-refractivity contribution in [2.45, 2.75) is 12.8 Å². The predicted octanol–water partition coefficient (Wildman–Crippen LogP) is 1.09. The van der Waals surface area contributed by atoms with Crippen LogP contribution in [0.15, 0.2) is 24.3 Å². The minimum absolute atomic E-state index is 0.0619. The molecule has 0 saturated carbocycles. The minimum atomic E-state index is -0.320. The number of ether oxygens (including phenoxy) is 1. The van der Waals surface area contributed by atoms with Crippen molar-refractivity contribution in [2.75, 3.05) is 19.8 Å². The topological polar surface area (TPSA) is 58.6 Å². The summed E-state index contributed by atoms with van der Waals surface area (Å²) in [6.07, 6.45) is 0.785. The van der Waals surface area contributed by atoms with Crippen molar-refractivity contribution in [1.29, 1.82) is 0 Å². The van der Waals surface area contributed by atoms with Crippen molar-refractivity contribution in [3.8, 4) is 5.75 Å². The van der Waals surface area contributed by atoms with Crippen LogP contribution in [-0.4, -0.2) is 30.8 Å². The molecular weight excluding hydrogens is 225 g/mol. The van der Waals surface area contributed by atoms with E-state index in [4.69, 9.17) is 9.84 Å². The van der Waals surface area contributed by atoms with Crippen molar-refractivity contribution in [3.05, 3.63) is 30.1 Å². The summed E-state index contributed by atoms with van der Waals surface area (Å²) in [5.41, 5.74) is 0. The molecule has 0 bridgehead atoms. The maximum Gasteiger partial charge on any atom is 0.223 e. The summed E-state index contributed by atoms with van der Waals surface area (Å²) in [5.74, 6) is 0.0919. The van der Waals surface area contributed by atoms with E-state index in [1.807, 2.05) is 0 Å². The summed E-state index contributed by atoms with van der Waals surface area (Å²) in [6, 6.07) is 5.63. The molecule has 0 aliphatic heterocycles. The number of carbonyl (C=O) groups is 1. The molecule has 0 aromatic heterocycles. The molecule has 0 spiro atoms. The minimum Gasteiger partial charge on any atom is -0.493 e. The van der Waals surface area contributed by atoms with Gasteiger partial charge in [0.05, 0.1) is 13.0 Å². The first kappa shape index (κ1) is 13.4. The number of hydrogen-bond acceptors (Lipinski definition) is 3. The summed E-state index contributed by atoms with van der Waals surface area (Å²) in [7, 11) is 0. The van der Waals surface area contributed by atoms with Crippen molar-refractivity contribution >= 4 is 5.91 Å². The molecule has 2 N–H and O–H groups in total. The normalized spacial score (nSPS) is 10.0. The van der Waals surface area contributed by atoms with Crippen molar-refractivity contribution in [1.82, 2.24) is 5.32 Å². The second kappa shape index (κ2) is 7.62. The molecule has 0 heterocycles. The largest absolute Gasteiger partial charge is 0.493 e. The Hall–Kier alpha value is -1.62. The summed E-state index contributed by atoms with van der Waals surface area (Å²) >= 11 is 0. The summed E-state index contributed by atoms with van der Waals surface area (Å²) in [5, 5.41) is 11.2. The van der Waals surface area contributed by atoms with Gasteiger partial charge in [-0.2, -0.15) is 0 Å². The average Bonchev–Trinajstić information content (AvgIpc) is 2.32. The third-order valence-corrected chi connectivity index (χ3v) is 2.07. The van der Waals surface area contributed by atoms with Gasteiger partial charge in [0.15, 0.2) is 0 Å². The lowest BCUT2D eigenvalue weighted by atomic mass is 10.3. The zero-order chi connectivity index (χ0) is 12.5. The highest BCUT2D eigenvalue weighted by atomic mass is 19.1. The molecule has 94 valence electrons. The molecule has 17 heavy (non-hydrogen) atoms. The summed E-state index contributed by atoms with van der Waals surface area (Å²) in [6.45, 7) is 0.773. The first-order chi connectivity index (χ1) is 8.22. The molecule has 1 aromatic carbocycles. The van der Waals surface area contributed by atoms with Crippen molar-refractivity contribution in [2.24, 2.45) is 0 Å². The number of amides is 1. The Morgan fingerprint density at radius 3 is 2.71 bits per heavy atom. The van der Waals surface area contributed by atoms with Gasteiger partial charge < -0.3 is 15.2 Å². The lowest BCUT2D eigenvalue weighted by Gasteiger charge is -2.06. The molecule has 1 aromatic rings. The highest BCUT2D eigenvalue weighted by molar-refractivity contribution is 5.75. The van der Waals surface area contributed by atoms with Gasteiger partial charge in [0.2, 0.25) is 5.91 Å². The molecule has 1 amide bonds. The van der Waals surface area contributed by atoms with Crippen LogP contribution in [0.4, 0.5) is 4.39 Å². The number of aliphatic hydroxyl groups excluding tert-OH is 1. The molecule has 0 fully saturated rings. The molecule has 0 saturated heterocycles. The van der Waals surface area contributed by atoms with Gasteiger partial charge in [-0.05, 0) is 30.7 Å². The molecule has 0 atom stereocenters. The Morgan fingerprint density at radius 1 is 1.35 bits per heavy atom. The second-order valence-electron chi connectivity index (χ2n) is 3.48. The molecule has 5 heteroatoms. The van der Waals surface area contributed by atoms with Gasteiger partial charge in [0, 0.05) is 13.2 Å². The Morgan fingerprint density at radius 2 is 2.06 bits per heavy atom. The number of halogens is 1. The zero-order valence-corrected chi connectivity index (χ0v) is 9.49. The standard InChI is InChI=1S/C12H16FNO3/c13-10-2-4-11(5-3-10)17-9-6-12(16)14-7-1-8-15/h2-5,15H,1,6-9H2,(H,14,16). The maximum atomic E-state index is 12.6. The van der Waals surface area contributed by atoms with Gasteiger partial charge in [0.1, 0.15) is 11.6 Å². The second-order valence-corrected chi connectivity index (χ2v) is 3.48. The smallest absolute Gasteiger partial charge is 0.223 e. The van der Waals surface area contributed by atoms with Gasteiger partial charge >= 0.3 is 0 Å². The van der Waals surface area contributed by atoms with Gasteiger partial charge in [-0.25, -0.2) is 4.39 Å². The number of rotatable bonds is 7. The fourth-order valence-electron chi connectivity index (χ4n) is 1.19. The molecule has 0 unspecified atom stereocenters. The van der Waals surface area contributed by atoms with Gasteiger partial charge in [-0.3, -0.25) is 4.79 Å². The van der Waals surface area contributed by atoms with Crippen LogP contribution in [0.2, 0.25) is 0 Å². The van der Waals surface area contributed by atoms with E-state index in [1.54, 1.807) is 0 Å². The van der Waals surface area contributed by atoms with Crippen molar-refractivity contribution < 1.29 is 19.0 Å². The highest BCUT2D eigenvalue weighted by Crippen LogP contribution is 2.10. The Labute approximate surface area is 99.4 Å². The van der Waals surface area contributed by atoms with E-state index in [0.717, 1.165) is 0 Å². The lowest BCUT2D eigenvalue weighted by molar-refractivity contribution is -0.121. The van der Waals surface area contributed by atoms with Crippen LogP contribution < -0.4 is 10.1 Å². The molecular formula is C12H16FNO3. The Bertz CT molecular complexity index is 340. The number of aliphatic hydroxyl groups is 1. The van der Waals surface area contributed by atoms with Gasteiger partial charge in [0.25, 0.3) is 0 Å². The van der Waals surface area contributed by atoms with E-state index >= 15 is 0 Å². The third-order valence-electron chi connectivity index (χ3n) is 2.07. The molecule has 1 rings (SSSR count). The monoisotopic (exact) mass is 241 g/mol. The summed E-state index contributed by atoms with van der Waals surface area (Å²) in [4.78, 5) is 11.2. The van der Waals surface area contributed by atoms with Gasteiger partial charge in [-0.15, -0.1) is 0 Å². The Balaban J connectivity index is 2.14. The quantitative estimate of drug-likeness (QED) is 0.703. The van der Waals surface area contributed by atoms with E-state index < -0.39 is 0 Å². The highest BCUT2D eigenvalue weighted by Gasteiger charge is 2.01. The third kappa shape index (κ3) is 5.87. The van der Waals surface area contributed by atoms with Crippen LogP contribution >= 0.6 is 0 Å². The fraction of sp³-hybridized carbons (Fsp3) is 0.417. The van der Waals surface area contributed by atoms with Crippen LogP contribution in [0, 0.1) is 5.82 Å². The molecule has 0 radical (unpaired) electrons. The molecule has 0 aliphatic rings. The van der Waals surface area contributed by atoms with E-state index in [9.17, 15) is 9.18 Å². The zero-order valence-electron chi connectivity index (χ0n) is 9.49. The molecule has 0 aliphatic carbocycles. The summed E-state index contributed by atoms with van der Waals surface area (Å²) < 4.78 is 17.8. The lowest BCUT2D eigenvalue weighted by Crippen LogP contribution is -2.26. The van der Waals surface area contributed by atoms with E-state index in [-0.39, 0.29) is 31.4 Å². The van der Waals surface area contributed by atoms with Crippen LogP contribution in [0.1, 0.15) is 12.8 Å². The van der Waals surface area contributed by atoms with E-state index in [2.05, 4.69) is 5.32 Å². The fourth-order valence-corrected chi connectivity index (χ4v) is 1.19. The van der Waals surface area contributed by atoms with Crippen LogP contribution in [0.3, 0.4) is 0 Å². The number of nitrogens with one attached hydrogen (secondary N) is 1. The van der Waals surface area contributed by atoms with E-state index in [1.165, 1.54) is 24.3 Å². The van der Waals surface area contributed by atoms with Crippen LogP contribution in [-0.2, 0) is 4.79 Å². The molecule has 4 nitrogen and oxygen atoms in total. The number of benzene rings is 1. The first-order valence-electron chi connectivity index (χ1n) is 5.48. The van der Waals surface area contributed by atoms with Gasteiger partial charge in [-0.1, -0.05) is 0 Å². The number of hydrogen-bond donors (Lipinski definition) is 2. The van der Waals surface area contributed by atoms with Crippen LogP contribution in [0.25, 0.3) is 0 Å². The average molecular weight is 241 g/mol. The van der Waals surface area contributed by atoms with Crippen LogP contribution in [0.5, 0.6) is 5.75 Å². The van der Waals surface area contributed by atoms with Crippen molar-refractivity contribution in [3.63, 3.8) is 0 Å². The Kier molecular flexibility index (Phi) is 6.03. The SMILES string of the molecule is O=C(CCOc1ccc(F)cc1)NCCCO. The predicted molar refractivity (Wildman–Crippen MR) is 61.2 cm³/mol. The van der Waals surface area contributed by atoms with E-state index in [0.29, 0.717) is 18.7 Å².